The third kappa shape index (κ3) is 4.40. The number of halogens is 2. The van der Waals surface area contributed by atoms with Gasteiger partial charge in [-0.25, -0.2) is 4.79 Å². The summed E-state index contributed by atoms with van der Waals surface area (Å²) in [6.45, 7) is 0. The highest BCUT2D eigenvalue weighted by Crippen LogP contribution is 2.25. The Morgan fingerprint density at radius 3 is 2.25 bits per heavy atom. The molecule has 126 valence electrons. The summed E-state index contributed by atoms with van der Waals surface area (Å²) in [5, 5.41) is 12.7. The summed E-state index contributed by atoms with van der Waals surface area (Å²) in [5.41, 5.74) is 0.842. The molecule has 5 nitrogen and oxygen atoms in total. The first-order chi connectivity index (χ1) is 11.4. The van der Waals surface area contributed by atoms with Gasteiger partial charge in [0.05, 0.1) is 7.11 Å². The minimum absolute atomic E-state index is 0.0407. The van der Waals surface area contributed by atoms with Crippen LogP contribution in [0.2, 0.25) is 10.0 Å². The number of hydrogen-bond donors (Lipinski definition) is 2. The number of rotatable bonds is 5. The average molecular weight is 368 g/mol. The Morgan fingerprint density at radius 1 is 1.12 bits per heavy atom. The lowest BCUT2D eigenvalue weighted by Crippen LogP contribution is -2.43. The number of carbonyl (C=O) groups excluding carboxylic acids is 2. The number of benzene rings is 2. The number of phenols is 1. The van der Waals surface area contributed by atoms with E-state index in [1.807, 2.05) is 0 Å². The first-order valence-electron chi connectivity index (χ1n) is 7.03. The monoisotopic (exact) mass is 367 g/mol. The van der Waals surface area contributed by atoms with Gasteiger partial charge < -0.3 is 15.2 Å². The van der Waals surface area contributed by atoms with Crippen LogP contribution in [0.5, 0.6) is 5.75 Å². The summed E-state index contributed by atoms with van der Waals surface area (Å²) in [4.78, 5) is 24.3. The van der Waals surface area contributed by atoms with Crippen molar-refractivity contribution in [1.29, 1.82) is 0 Å². The molecule has 2 N–H and O–H groups in total. The zero-order valence-corrected chi connectivity index (χ0v) is 14.3. The van der Waals surface area contributed by atoms with Crippen LogP contribution in [0.1, 0.15) is 15.9 Å². The Morgan fingerprint density at radius 2 is 1.71 bits per heavy atom. The molecule has 0 bridgehead atoms. The maximum Gasteiger partial charge on any atom is 0.328 e. The Bertz CT molecular complexity index is 727. The van der Waals surface area contributed by atoms with E-state index in [0.717, 1.165) is 0 Å². The maximum atomic E-state index is 12.3. The predicted octanol–water partition coefficient (Wildman–Crippen LogP) is 3.21. The Labute approximate surface area is 149 Å². The van der Waals surface area contributed by atoms with Crippen LogP contribution in [0.25, 0.3) is 0 Å². The van der Waals surface area contributed by atoms with Crippen LogP contribution in [0.3, 0.4) is 0 Å². The summed E-state index contributed by atoms with van der Waals surface area (Å²) in [7, 11) is 1.23. The fourth-order valence-electron chi connectivity index (χ4n) is 2.12. The van der Waals surface area contributed by atoms with E-state index in [9.17, 15) is 14.7 Å². The topological polar surface area (TPSA) is 75.6 Å². The van der Waals surface area contributed by atoms with Crippen molar-refractivity contribution >= 4 is 35.1 Å². The van der Waals surface area contributed by atoms with Gasteiger partial charge in [0.15, 0.2) is 0 Å². The molecule has 7 heteroatoms. The molecular weight excluding hydrogens is 353 g/mol. The molecule has 0 fully saturated rings. The summed E-state index contributed by atoms with van der Waals surface area (Å²) >= 11 is 12.2. The van der Waals surface area contributed by atoms with Crippen molar-refractivity contribution in [3.63, 3.8) is 0 Å². The molecule has 0 saturated carbocycles. The molecule has 0 radical (unpaired) electrons. The average Bonchev–Trinajstić information content (AvgIpc) is 2.57. The minimum Gasteiger partial charge on any atom is -0.508 e. The van der Waals surface area contributed by atoms with Crippen molar-refractivity contribution in [3.05, 3.63) is 63.6 Å². The summed E-state index contributed by atoms with van der Waals surface area (Å²) in [6, 6.07) is 9.70. The van der Waals surface area contributed by atoms with E-state index in [1.54, 1.807) is 18.2 Å². The van der Waals surface area contributed by atoms with Crippen LogP contribution < -0.4 is 5.32 Å². The van der Waals surface area contributed by atoms with Crippen molar-refractivity contribution in [2.24, 2.45) is 0 Å². The van der Waals surface area contributed by atoms with Crippen LogP contribution in [-0.4, -0.2) is 30.1 Å². The molecule has 1 amide bonds. The molecule has 0 unspecified atom stereocenters. The third-order valence-corrected chi connectivity index (χ3v) is 4.10. The van der Waals surface area contributed by atoms with E-state index in [4.69, 9.17) is 27.9 Å². The van der Waals surface area contributed by atoms with Gasteiger partial charge in [0.1, 0.15) is 11.8 Å². The second kappa shape index (κ2) is 8.04. The number of esters is 1. The van der Waals surface area contributed by atoms with Gasteiger partial charge in [-0.1, -0.05) is 29.3 Å². The first kappa shape index (κ1) is 18.1. The second-order valence-electron chi connectivity index (χ2n) is 5.00. The Balaban J connectivity index is 2.21. The van der Waals surface area contributed by atoms with E-state index in [-0.39, 0.29) is 12.2 Å². The van der Waals surface area contributed by atoms with Crippen molar-refractivity contribution in [2.75, 3.05) is 7.11 Å². The number of amides is 1. The highest BCUT2D eigenvalue weighted by molar-refractivity contribution is 6.36. The molecule has 0 aliphatic rings. The van der Waals surface area contributed by atoms with Gasteiger partial charge in [-0.05, 0) is 42.0 Å². The Kier molecular flexibility index (Phi) is 6.06. The van der Waals surface area contributed by atoms with E-state index in [2.05, 4.69) is 5.32 Å². The van der Waals surface area contributed by atoms with Gasteiger partial charge in [-0.2, -0.15) is 0 Å². The van der Waals surface area contributed by atoms with Crippen LogP contribution >= 0.6 is 23.2 Å². The van der Waals surface area contributed by atoms with Crippen LogP contribution in [0.15, 0.2) is 42.5 Å². The van der Waals surface area contributed by atoms with Gasteiger partial charge >= 0.3 is 5.97 Å². The molecule has 0 aliphatic carbocycles. The smallest absolute Gasteiger partial charge is 0.328 e. The zero-order chi connectivity index (χ0) is 17.7. The summed E-state index contributed by atoms with van der Waals surface area (Å²) in [5.74, 6) is -1.05. The lowest BCUT2D eigenvalue weighted by atomic mass is 10.0. The fourth-order valence-corrected chi connectivity index (χ4v) is 2.67. The molecule has 2 rings (SSSR count). The minimum atomic E-state index is -0.950. The van der Waals surface area contributed by atoms with E-state index >= 15 is 0 Å². The molecule has 2 aromatic rings. The van der Waals surface area contributed by atoms with Crippen molar-refractivity contribution in [3.8, 4) is 5.75 Å². The third-order valence-electron chi connectivity index (χ3n) is 3.39. The number of carbonyl (C=O) groups is 2. The normalized spacial score (nSPS) is 11.6. The summed E-state index contributed by atoms with van der Waals surface area (Å²) in [6.07, 6.45) is 0.0923. The first-order valence-corrected chi connectivity index (χ1v) is 7.78. The van der Waals surface area contributed by atoms with Crippen LogP contribution in [0, 0.1) is 0 Å². The molecular formula is C17H15Cl2NO4. The molecule has 2 aromatic carbocycles. The SMILES string of the molecule is COC(=O)[C@H](Cc1c(Cl)cccc1Cl)NC(=O)c1ccc(O)cc1. The fraction of sp³-hybridized carbons (Fsp3) is 0.176. The van der Waals surface area contributed by atoms with Crippen molar-refractivity contribution in [1.82, 2.24) is 5.32 Å². The lowest BCUT2D eigenvalue weighted by molar-refractivity contribution is -0.142. The molecule has 24 heavy (non-hydrogen) atoms. The second-order valence-corrected chi connectivity index (χ2v) is 5.81. The highest BCUT2D eigenvalue weighted by Gasteiger charge is 2.24. The molecule has 0 spiro atoms. The maximum absolute atomic E-state index is 12.3. The largest absolute Gasteiger partial charge is 0.508 e. The number of ether oxygens (including phenoxy) is 1. The van der Waals surface area contributed by atoms with E-state index in [0.29, 0.717) is 21.2 Å². The molecule has 1 atom stereocenters. The van der Waals surface area contributed by atoms with Crippen LogP contribution in [-0.2, 0) is 16.0 Å². The van der Waals surface area contributed by atoms with Gasteiger partial charge in [0.2, 0.25) is 0 Å². The highest BCUT2D eigenvalue weighted by atomic mass is 35.5. The van der Waals surface area contributed by atoms with E-state index < -0.39 is 17.9 Å². The number of hydrogen-bond acceptors (Lipinski definition) is 4. The molecule has 0 aromatic heterocycles. The van der Waals surface area contributed by atoms with E-state index in [1.165, 1.54) is 31.4 Å². The molecule has 0 saturated heterocycles. The van der Waals surface area contributed by atoms with Gasteiger partial charge in [0, 0.05) is 22.0 Å². The predicted molar refractivity (Wildman–Crippen MR) is 91.5 cm³/mol. The van der Waals surface area contributed by atoms with Crippen molar-refractivity contribution < 1.29 is 19.4 Å². The number of methoxy groups -OCH3 is 1. The Hall–Kier alpha value is -2.24. The number of phenolic OH excluding ortho intramolecular Hbond substituents is 1. The zero-order valence-electron chi connectivity index (χ0n) is 12.8. The number of aromatic hydroxyl groups is 1. The standard InChI is InChI=1S/C17H15Cl2NO4/c1-24-17(23)15(9-12-13(18)3-2-4-14(12)19)20-16(22)10-5-7-11(21)8-6-10/h2-8,15,21H,9H2,1H3,(H,20,22)/t15-/m0/s1. The van der Waals surface area contributed by atoms with Gasteiger partial charge in [-0.15, -0.1) is 0 Å². The summed E-state index contributed by atoms with van der Waals surface area (Å²) < 4.78 is 4.74. The van der Waals surface area contributed by atoms with Crippen LogP contribution in [0.4, 0.5) is 0 Å². The molecule has 0 heterocycles. The van der Waals surface area contributed by atoms with Gasteiger partial charge in [-0.3, -0.25) is 4.79 Å². The number of nitrogens with one attached hydrogen (secondary N) is 1. The van der Waals surface area contributed by atoms with Gasteiger partial charge in [0.25, 0.3) is 5.91 Å². The quantitative estimate of drug-likeness (QED) is 0.795. The lowest BCUT2D eigenvalue weighted by Gasteiger charge is -2.18. The molecule has 0 aliphatic heterocycles. The van der Waals surface area contributed by atoms with Crippen molar-refractivity contribution in [2.45, 2.75) is 12.5 Å².